The third-order valence-corrected chi connectivity index (χ3v) is 5.46. The lowest BCUT2D eigenvalue weighted by Gasteiger charge is -2.26. The number of morpholine rings is 1. The molecule has 0 aromatic heterocycles. The Hall–Kier alpha value is -2.90. The Bertz CT molecular complexity index is 954. The molecule has 30 heavy (non-hydrogen) atoms. The van der Waals surface area contributed by atoms with Crippen LogP contribution in [0.1, 0.15) is 17.5 Å². The van der Waals surface area contributed by atoms with Crippen LogP contribution in [0.5, 0.6) is 0 Å². The number of ether oxygens (including phenoxy) is 1. The number of carbonyl (C=O) groups excluding carboxylic acids is 1. The topological polar surface area (TPSA) is 65.6 Å². The van der Waals surface area contributed by atoms with E-state index in [1.165, 1.54) is 6.07 Å². The summed E-state index contributed by atoms with van der Waals surface area (Å²) in [6, 6.07) is 10.7. The molecule has 2 aromatic rings. The van der Waals surface area contributed by atoms with E-state index in [2.05, 4.69) is 20.9 Å². The molecular weight excluding hydrogens is 383 g/mol. The number of nitrogens with zero attached hydrogens (tertiary/aromatic N) is 1. The molecule has 158 valence electrons. The first kappa shape index (κ1) is 20.4. The van der Waals surface area contributed by atoms with Crippen molar-refractivity contribution in [3.8, 4) is 0 Å². The maximum Gasteiger partial charge on any atom is 0.257 e. The molecule has 1 fully saturated rings. The fourth-order valence-electron chi connectivity index (χ4n) is 3.82. The Kier molecular flexibility index (Phi) is 6.30. The Balaban J connectivity index is 1.34. The molecule has 1 saturated heterocycles. The smallest absolute Gasteiger partial charge is 0.257 e. The van der Waals surface area contributed by atoms with Crippen molar-refractivity contribution in [2.75, 3.05) is 55.3 Å². The molecule has 0 unspecified atom stereocenters. The van der Waals surface area contributed by atoms with Crippen LogP contribution < -0.4 is 16.0 Å². The Labute approximate surface area is 176 Å². The highest BCUT2D eigenvalue weighted by atomic mass is 19.1. The van der Waals surface area contributed by atoms with Gasteiger partial charge in [0.1, 0.15) is 5.82 Å². The molecule has 7 heteroatoms. The Morgan fingerprint density at radius 1 is 1.23 bits per heavy atom. The van der Waals surface area contributed by atoms with Crippen LogP contribution in [0.25, 0.3) is 5.57 Å². The van der Waals surface area contributed by atoms with Crippen LogP contribution in [0.2, 0.25) is 0 Å². The highest BCUT2D eigenvalue weighted by molar-refractivity contribution is 6.32. The zero-order valence-corrected chi connectivity index (χ0v) is 17.1. The second-order valence-corrected chi connectivity index (χ2v) is 7.58. The van der Waals surface area contributed by atoms with Crippen LogP contribution in [-0.4, -0.2) is 50.2 Å². The van der Waals surface area contributed by atoms with Gasteiger partial charge in [0.05, 0.1) is 24.5 Å². The van der Waals surface area contributed by atoms with E-state index in [-0.39, 0.29) is 11.7 Å². The predicted molar refractivity (Wildman–Crippen MR) is 118 cm³/mol. The van der Waals surface area contributed by atoms with Crippen LogP contribution in [0.3, 0.4) is 0 Å². The molecule has 0 atom stereocenters. The normalized spacial score (nSPS) is 17.7. The summed E-state index contributed by atoms with van der Waals surface area (Å²) in [5, 5.41) is 9.07. The van der Waals surface area contributed by atoms with Gasteiger partial charge < -0.3 is 20.7 Å². The van der Waals surface area contributed by atoms with E-state index in [0.29, 0.717) is 23.5 Å². The van der Waals surface area contributed by atoms with Gasteiger partial charge in [-0.2, -0.15) is 0 Å². The van der Waals surface area contributed by atoms with Crippen molar-refractivity contribution in [3.05, 3.63) is 59.5 Å². The summed E-state index contributed by atoms with van der Waals surface area (Å²) >= 11 is 0. The van der Waals surface area contributed by atoms with Gasteiger partial charge in [0.2, 0.25) is 0 Å². The quantitative estimate of drug-likeness (QED) is 0.480. The van der Waals surface area contributed by atoms with E-state index in [1.54, 1.807) is 18.3 Å². The molecule has 0 spiro atoms. The van der Waals surface area contributed by atoms with E-state index in [0.717, 1.165) is 56.1 Å². The summed E-state index contributed by atoms with van der Waals surface area (Å²) in [5.41, 5.74) is 4.32. The first-order valence-corrected chi connectivity index (χ1v) is 10.3. The molecule has 2 aliphatic rings. The number of rotatable bonds is 7. The zero-order valence-electron chi connectivity index (χ0n) is 17.1. The molecule has 0 saturated carbocycles. The van der Waals surface area contributed by atoms with Crippen LogP contribution in [0, 0.1) is 12.7 Å². The minimum absolute atomic E-state index is 0.161. The van der Waals surface area contributed by atoms with E-state index in [9.17, 15) is 9.18 Å². The molecule has 4 rings (SSSR count). The van der Waals surface area contributed by atoms with Crippen molar-refractivity contribution in [2.24, 2.45) is 0 Å². The van der Waals surface area contributed by atoms with Gasteiger partial charge in [0, 0.05) is 42.8 Å². The molecule has 3 N–H and O–H groups in total. The second kappa shape index (κ2) is 9.28. The van der Waals surface area contributed by atoms with Gasteiger partial charge in [-0.1, -0.05) is 12.1 Å². The van der Waals surface area contributed by atoms with E-state index < -0.39 is 0 Å². The van der Waals surface area contributed by atoms with E-state index in [1.807, 2.05) is 25.1 Å². The number of hydrogen-bond donors (Lipinski definition) is 3. The molecule has 0 radical (unpaired) electrons. The molecule has 0 aliphatic carbocycles. The van der Waals surface area contributed by atoms with Crippen molar-refractivity contribution in [3.63, 3.8) is 0 Å². The van der Waals surface area contributed by atoms with Gasteiger partial charge >= 0.3 is 0 Å². The van der Waals surface area contributed by atoms with Gasteiger partial charge in [0.15, 0.2) is 0 Å². The number of carbonyl (C=O) groups is 1. The van der Waals surface area contributed by atoms with Crippen molar-refractivity contribution in [1.82, 2.24) is 4.90 Å². The lowest BCUT2D eigenvalue weighted by molar-refractivity contribution is -0.110. The number of halogens is 1. The first-order valence-electron chi connectivity index (χ1n) is 10.3. The van der Waals surface area contributed by atoms with Crippen LogP contribution in [0.4, 0.5) is 21.5 Å². The highest BCUT2D eigenvalue weighted by Gasteiger charge is 2.25. The SMILES string of the molecule is Cc1cccc2c1C(=CNc1ccc(NCCCN3CCOCC3)c(F)c1)C(=O)N2. The Morgan fingerprint density at radius 3 is 2.87 bits per heavy atom. The molecule has 1 amide bonds. The van der Waals surface area contributed by atoms with Gasteiger partial charge in [-0.3, -0.25) is 9.69 Å². The monoisotopic (exact) mass is 410 g/mol. The molecule has 6 nitrogen and oxygen atoms in total. The summed E-state index contributed by atoms with van der Waals surface area (Å²) in [5.74, 6) is -0.483. The number of amides is 1. The number of fused-ring (bicyclic) bond motifs is 1. The number of benzene rings is 2. The standard InChI is InChI=1S/C23H27FN4O2/c1-16-4-2-5-21-22(16)18(23(29)27-21)15-26-17-6-7-20(19(24)14-17)25-8-3-9-28-10-12-30-13-11-28/h2,4-7,14-15,25-26H,3,8-13H2,1H3,(H,27,29). The average molecular weight is 410 g/mol. The van der Waals surface area contributed by atoms with Gasteiger partial charge in [-0.15, -0.1) is 0 Å². The zero-order chi connectivity index (χ0) is 20.9. The van der Waals surface area contributed by atoms with Gasteiger partial charge in [-0.05, 0) is 49.7 Å². The van der Waals surface area contributed by atoms with Crippen LogP contribution in [-0.2, 0) is 9.53 Å². The second-order valence-electron chi connectivity index (χ2n) is 7.58. The maximum absolute atomic E-state index is 14.5. The Morgan fingerprint density at radius 2 is 2.07 bits per heavy atom. The van der Waals surface area contributed by atoms with Crippen molar-refractivity contribution in [2.45, 2.75) is 13.3 Å². The molecular formula is C23H27FN4O2. The van der Waals surface area contributed by atoms with Crippen LogP contribution in [0.15, 0.2) is 42.6 Å². The summed E-state index contributed by atoms with van der Waals surface area (Å²) in [6.45, 7) is 7.17. The van der Waals surface area contributed by atoms with E-state index >= 15 is 0 Å². The highest BCUT2D eigenvalue weighted by Crippen LogP contribution is 2.34. The van der Waals surface area contributed by atoms with E-state index in [4.69, 9.17) is 4.74 Å². The van der Waals surface area contributed by atoms with Crippen LogP contribution >= 0.6 is 0 Å². The third kappa shape index (κ3) is 4.63. The lowest BCUT2D eigenvalue weighted by Crippen LogP contribution is -2.37. The third-order valence-electron chi connectivity index (χ3n) is 5.46. The van der Waals surface area contributed by atoms with Gasteiger partial charge in [0.25, 0.3) is 5.91 Å². The summed E-state index contributed by atoms with van der Waals surface area (Å²) in [4.78, 5) is 14.6. The summed E-state index contributed by atoms with van der Waals surface area (Å²) in [7, 11) is 0. The van der Waals surface area contributed by atoms with Crippen molar-refractivity contribution >= 4 is 28.5 Å². The average Bonchev–Trinajstić information content (AvgIpc) is 3.08. The fourth-order valence-corrected chi connectivity index (χ4v) is 3.82. The minimum atomic E-state index is -0.322. The molecule has 2 aliphatic heterocycles. The summed E-state index contributed by atoms with van der Waals surface area (Å²) in [6.07, 6.45) is 2.58. The molecule has 2 aromatic carbocycles. The summed E-state index contributed by atoms with van der Waals surface area (Å²) < 4.78 is 19.8. The van der Waals surface area contributed by atoms with Crippen molar-refractivity contribution in [1.29, 1.82) is 0 Å². The van der Waals surface area contributed by atoms with Crippen molar-refractivity contribution < 1.29 is 13.9 Å². The maximum atomic E-state index is 14.5. The number of anilines is 3. The lowest BCUT2D eigenvalue weighted by atomic mass is 10.0. The molecule has 2 heterocycles. The van der Waals surface area contributed by atoms with Gasteiger partial charge in [-0.25, -0.2) is 4.39 Å². The number of hydrogen-bond acceptors (Lipinski definition) is 5. The number of aryl methyl sites for hydroxylation is 1. The molecule has 0 bridgehead atoms. The first-order chi connectivity index (χ1) is 14.6. The predicted octanol–water partition coefficient (Wildman–Crippen LogP) is 3.67. The minimum Gasteiger partial charge on any atom is -0.383 e. The largest absolute Gasteiger partial charge is 0.383 e. The number of nitrogens with one attached hydrogen (secondary N) is 3. The fraction of sp³-hybridized carbons (Fsp3) is 0.348.